The van der Waals surface area contributed by atoms with Crippen LogP contribution in [0, 0.1) is 6.92 Å². The highest BCUT2D eigenvalue weighted by molar-refractivity contribution is 6.30. The van der Waals surface area contributed by atoms with Crippen molar-refractivity contribution in [3.8, 4) is 5.69 Å². The first-order valence-electron chi connectivity index (χ1n) is 6.77. The molecule has 0 radical (unpaired) electrons. The van der Waals surface area contributed by atoms with Crippen molar-refractivity contribution in [2.75, 3.05) is 6.54 Å². The van der Waals surface area contributed by atoms with Gasteiger partial charge in [-0.2, -0.15) is 5.10 Å². The van der Waals surface area contributed by atoms with Gasteiger partial charge in [-0.1, -0.05) is 17.7 Å². The number of hydrogen-bond donors (Lipinski definition) is 3. The fourth-order valence-electron chi connectivity index (χ4n) is 1.92. The molecule has 1 heterocycles. The molecule has 0 saturated carbocycles. The predicted octanol–water partition coefficient (Wildman–Crippen LogP) is 1.40. The number of carboxylic acids is 1. The summed E-state index contributed by atoms with van der Waals surface area (Å²) < 4.78 is 1.55. The lowest BCUT2D eigenvalue weighted by atomic mass is 10.1. The highest BCUT2D eigenvalue weighted by Crippen LogP contribution is 2.18. The summed E-state index contributed by atoms with van der Waals surface area (Å²) in [5, 5.41) is 25.5. The van der Waals surface area contributed by atoms with E-state index < -0.39 is 24.0 Å². The van der Waals surface area contributed by atoms with Gasteiger partial charge in [-0.05, 0) is 32.0 Å². The number of halogens is 1. The van der Waals surface area contributed by atoms with Gasteiger partial charge < -0.3 is 15.5 Å². The topological polar surface area (TPSA) is 104 Å². The van der Waals surface area contributed by atoms with Crippen molar-refractivity contribution in [3.63, 3.8) is 0 Å². The molecule has 7 nitrogen and oxygen atoms in total. The van der Waals surface area contributed by atoms with E-state index >= 15 is 0 Å². The van der Waals surface area contributed by atoms with E-state index in [0.29, 0.717) is 16.4 Å². The first-order valence-corrected chi connectivity index (χ1v) is 7.14. The monoisotopic (exact) mass is 337 g/mol. The zero-order valence-electron chi connectivity index (χ0n) is 12.6. The second-order valence-electron chi connectivity index (χ2n) is 5.30. The van der Waals surface area contributed by atoms with Gasteiger partial charge in [-0.3, -0.25) is 4.79 Å². The van der Waals surface area contributed by atoms with Gasteiger partial charge in [0.2, 0.25) is 0 Å². The molecular weight excluding hydrogens is 322 g/mol. The first-order chi connectivity index (χ1) is 10.7. The maximum atomic E-state index is 12.2. The lowest BCUT2D eigenvalue weighted by molar-refractivity contribution is -0.155. The lowest BCUT2D eigenvalue weighted by Crippen LogP contribution is -2.46. The number of aliphatic hydroxyl groups is 1. The van der Waals surface area contributed by atoms with Gasteiger partial charge >= 0.3 is 5.97 Å². The Labute approximate surface area is 137 Å². The molecule has 0 aliphatic heterocycles. The molecule has 1 amide bonds. The summed E-state index contributed by atoms with van der Waals surface area (Å²) >= 11 is 5.94. The smallest absolute Gasteiger partial charge is 0.337 e. The van der Waals surface area contributed by atoms with Gasteiger partial charge in [0.05, 0.1) is 29.7 Å². The Hall–Kier alpha value is -2.38. The van der Waals surface area contributed by atoms with Crippen molar-refractivity contribution in [2.45, 2.75) is 19.4 Å². The molecule has 0 aliphatic rings. The average molecular weight is 338 g/mol. The molecule has 0 spiro atoms. The standard InChI is InChI=1S/C15H16ClN3O4/c1-9-12(13(20)17-8-15(2,23)14(21)22)7-18-19(9)11-5-3-4-10(16)6-11/h3-7,23H,8H2,1-2H3,(H,17,20)(H,21,22). The molecular formula is C15H16ClN3O4. The van der Waals surface area contributed by atoms with Gasteiger partial charge in [-0.15, -0.1) is 0 Å². The van der Waals surface area contributed by atoms with Crippen LogP contribution in [0.5, 0.6) is 0 Å². The summed E-state index contributed by atoms with van der Waals surface area (Å²) in [4.78, 5) is 23.0. The Morgan fingerprint density at radius 3 is 2.74 bits per heavy atom. The van der Waals surface area contributed by atoms with Gasteiger partial charge in [-0.25, -0.2) is 9.48 Å². The number of hydrogen-bond acceptors (Lipinski definition) is 4. The van der Waals surface area contributed by atoms with Gasteiger partial charge in [0.25, 0.3) is 5.91 Å². The molecule has 0 saturated heterocycles. The van der Waals surface area contributed by atoms with Crippen LogP contribution >= 0.6 is 11.6 Å². The number of carbonyl (C=O) groups is 2. The van der Waals surface area contributed by atoms with Crippen LogP contribution < -0.4 is 5.32 Å². The largest absolute Gasteiger partial charge is 0.479 e. The SMILES string of the molecule is Cc1c(C(=O)NCC(C)(O)C(=O)O)cnn1-c1cccc(Cl)c1. The number of aromatic nitrogens is 2. The third-order valence-corrected chi connectivity index (χ3v) is 3.60. The van der Waals surface area contributed by atoms with Crippen molar-refractivity contribution >= 4 is 23.5 Å². The molecule has 23 heavy (non-hydrogen) atoms. The highest BCUT2D eigenvalue weighted by Gasteiger charge is 2.30. The molecule has 122 valence electrons. The molecule has 0 bridgehead atoms. The average Bonchev–Trinajstić information content (AvgIpc) is 2.86. The number of nitrogens with zero attached hydrogens (tertiary/aromatic N) is 2. The van der Waals surface area contributed by atoms with E-state index in [0.717, 1.165) is 6.92 Å². The zero-order valence-corrected chi connectivity index (χ0v) is 13.3. The minimum Gasteiger partial charge on any atom is -0.479 e. The number of nitrogens with one attached hydrogen (secondary N) is 1. The predicted molar refractivity (Wildman–Crippen MR) is 83.9 cm³/mol. The Morgan fingerprint density at radius 2 is 2.13 bits per heavy atom. The van der Waals surface area contributed by atoms with Crippen LogP contribution in [0.4, 0.5) is 0 Å². The Balaban J connectivity index is 2.19. The summed E-state index contributed by atoms with van der Waals surface area (Å²) in [6, 6.07) is 7.00. The lowest BCUT2D eigenvalue weighted by Gasteiger charge is -2.18. The molecule has 3 N–H and O–H groups in total. The van der Waals surface area contributed by atoms with Gasteiger partial charge in [0.1, 0.15) is 0 Å². The molecule has 1 atom stereocenters. The summed E-state index contributed by atoms with van der Waals surface area (Å²) in [6.07, 6.45) is 1.38. The van der Waals surface area contributed by atoms with E-state index in [1.807, 2.05) is 0 Å². The Morgan fingerprint density at radius 1 is 1.43 bits per heavy atom. The van der Waals surface area contributed by atoms with Crippen LogP contribution in [0.25, 0.3) is 5.69 Å². The Bertz CT molecular complexity index is 755. The van der Waals surface area contributed by atoms with Crippen molar-refractivity contribution in [2.24, 2.45) is 0 Å². The third-order valence-electron chi connectivity index (χ3n) is 3.36. The van der Waals surface area contributed by atoms with E-state index in [9.17, 15) is 14.7 Å². The normalized spacial score (nSPS) is 13.4. The summed E-state index contributed by atoms with van der Waals surface area (Å²) in [5.74, 6) is -1.93. The van der Waals surface area contributed by atoms with E-state index in [1.54, 1.807) is 35.9 Å². The van der Waals surface area contributed by atoms with E-state index in [2.05, 4.69) is 10.4 Å². The van der Waals surface area contributed by atoms with E-state index in [4.69, 9.17) is 16.7 Å². The summed E-state index contributed by atoms with van der Waals surface area (Å²) in [5.41, 5.74) is -0.482. The first kappa shape index (κ1) is 17.0. The fourth-order valence-corrected chi connectivity index (χ4v) is 2.11. The van der Waals surface area contributed by atoms with Gasteiger partial charge in [0.15, 0.2) is 5.60 Å². The number of carboxylic acid groups (broad SMARTS) is 1. The van der Waals surface area contributed by atoms with E-state index in [-0.39, 0.29) is 5.56 Å². The molecule has 1 aromatic heterocycles. The molecule has 2 aromatic rings. The fraction of sp³-hybridized carbons (Fsp3) is 0.267. The molecule has 1 unspecified atom stereocenters. The number of rotatable bonds is 5. The van der Waals surface area contributed by atoms with E-state index in [1.165, 1.54) is 6.20 Å². The minimum absolute atomic E-state index is 0.283. The maximum Gasteiger partial charge on any atom is 0.337 e. The van der Waals surface area contributed by atoms with Crippen molar-refractivity contribution < 1.29 is 19.8 Å². The maximum absolute atomic E-state index is 12.2. The zero-order chi connectivity index (χ0) is 17.2. The van der Waals surface area contributed by atoms with Crippen LogP contribution in [0.2, 0.25) is 5.02 Å². The molecule has 2 rings (SSSR count). The van der Waals surface area contributed by atoms with Crippen LogP contribution in [0.15, 0.2) is 30.5 Å². The molecule has 0 fully saturated rings. The van der Waals surface area contributed by atoms with Gasteiger partial charge in [0, 0.05) is 5.02 Å². The van der Waals surface area contributed by atoms with Crippen LogP contribution in [0.1, 0.15) is 23.0 Å². The van der Waals surface area contributed by atoms with Crippen LogP contribution in [-0.4, -0.2) is 44.0 Å². The van der Waals surface area contributed by atoms with Crippen molar-refractivity contribution in [3.05, 3.63) is 46.7 Å². The molecule has 1 aromatic carbocycles. The second-order valence-corrected chi connectivity index (χ2v) is 5.73. The Kier molecular flexibility index (Phi) is 4.72. The summed E-state index contributed by atoms with van der Waals surface area (Å²) in [7, 11) is 0. The molecule has 0 aliphatic carbocycles. The van der Waals surface area contributed by atoms with Crippen LogP contribution in [-0.2, 0) is 4.79 Å². The molecule has 8 heteroatoms. The number of aliphatic carboxylic acids is 1. The number of benzene rings is 1. The van der Waals surface area contributed by atoms with Crippen molar-refractivity contribution in [1.29, 1.82) is 0 Å². The second kappa shape index (κ2) is 6.39. The van der Waals surface area contributed by atoms with Crippen LogP contribution in [0.3, 0.4) is 0 Å². The minimum atomic E-state index is -2.04. The highest BCUT2D eigenvalue weighted by atomic mass is 35.5. The number of carbonyl (C=O) groups excluding carboxylic acids is 1. The quantitative estimate of drug-likeness (QED) is 0.765. The summed E-state index contributed by atoms with van der Waals surface area (Å²) in [6.45, 7) is 2.40. The number of amides is 1. The van der Waals surface area contributed by atoms with Crippen molar-refractivity contribution in [1.82, 2.24) is 15.1 Å². The third kappa shape index (κ3) is 3.69.